The predicted octanol–water partition coefficient (Wildman–Crippen LogP) is 4.38. The normalized spacial score (nSPS) is 17.1. The van der Waals surface area contributed by atoms with Gasteiger partial charge in [0, 0.05) is 28.7 Å². The lowest BCUT2D eigenvalue weighted by Gasteiger charge is -2.22. The number of phenols is 1. The zero-order valence-electron chi connectivity index (χ0n) is 15.4. The van der Waals surface area contributed by atoms with Gasteiger partial charge in [-0.3, -0.25) is 4.98 Å². The third-order valence-electron chi connectivity index (χ3n) is 5.12. The fourth-order valence-corrected chi connectivity index (χ4v) is 3.68. The highest BCUT2D eigenvalue weighted by Crippen LogP contribution is 2.38. The Kier molecular flexibility index (Phi) is 6.24. The molecule has 1 aromatic carbocycles. The number of hydrogen-bond donors (Lipinski definition) is 2. The van der Waals surface area contributed by atoms with Gasteiger partial charge in [0.05, 0.1) is 11.3 Å². The number of aromatic hydroxyl groups is 1. The zero-order chi connectivity index (χ0) is 19.7. The molecule has 1 saturated heterocycles. The van der Waals surface area contributed by atoms with Gasteiger partial charge in [-0.2, -0.15) is 18.3 Å². The highest BCUT2D eigenvalue weighted by molar-refractivity contribution is 5.96. The van der Waals surface area contributed by atoms with Gasteiger partial charge >= 0.3 is 6.18 Å². The summed E-state index contributed by atoms with van der Waals surface area (Å²) >= 11 is 0. The van der Waals surface area contributed by atoms with Crippen LogP contribution >= 0.6 is 12.4 Å². The molecule has 9 heteroatoms. The monoisotopic (exact) mass is 424 g/mol. The van der Waals surface area contributed by atoms with Crippen molar-refractivity contribution < 1.29 is 18.3 Å². The molecule has 1 aliphatic rings. The molecule has 1 atom stereocenters. The zero-order valence-corrected chi connectivity index (χ0v) is 16.2. The summed E-state index contributed by atoms with van der Waals surface area (Å²) in [5.41, 5.74) is 0.456. The number of alkyl halides is 3. The Morgan fingerprint density at radius 2 is 1.97 bits per heavy atom. The second kappa shape index (κ2) is 8.51. The highest BCUT2D eigenvalue weighted by atomic mass is 35.5. The van der Waals surface area contributed by atoms with Crippen molar-refractivity contribution in [3.05, 3.63) is 47.9 Å². The number of nitrogens with one attached hydrogen (secondary N) is 1. The topological polar surface area (TPSA) is 70.9 Å². The van der Waals surface area contributed by atoms with Gasteiger partial charge < -0.3 is 10.4 Å². The van der Waals surface area contributed by atoms with Crippen molar-refractivity contribution in [3.8, 4) is 17.0 Å². The van der Waals surface area contributed by atoms with E-state index < -0.39 is 17.5 Å². The lowest BCUT2D eigenvalue weighted by molar-refractivity contribution is -0.137. The van der Waals surface area contributed by atoms with Gasteiger partial charge in [0.2, 0.25) is 0 Å². The molecule has 2 aromatic heterocycles. The van der Waals surface area contributed by atoms with Crippen LogP contribution in [0.3, 0.4) is 0 Å². The van der Waals surface area contributed by atoms with Gasteiger partial charge in [-0.05, 0) is 62.5 Å². The number of hydrogen-bond acceptors (Lipinski definition) is 5. The van der Waals surface area contributed by atoms with E-state index in [4.69, 9.17) is 0 Å². The molecular formula is C20H20ClF3N4O. The van der Waals surface area contributed by atoms with Crippen molar-refractivity contribution in [1.29, 1.82) is 0 Å². The molecule has 0 bridgehead atoms. The maximum absolute atomic E-state index is 12.9. The van der Waals surface area contributed by atoms with Crippen LogP contribution in [0.5, 0.6) is 5.75 Å². The van der Waals surface area contributed by atoms with E-state index >= 15 is 0 Å². The molecule has 4 rings (SSSR count). The van der Waals surface area contributed by atoms with Gasteiger partial charge in [-0.1, -0.05) is 0 Å². The number of halogens is 4. The second-order valence-electron chi connectivity index (χ2n) is 7.06. The van der Waals surface area contributed by atoms with Crippen LogP contribution in [0.2, 0.25) is 0 Å². The van der Waals surface area contributed by atoms with E-state index in [2.05, 4.69) is 20.5 Å². The van der Waals surface area contributed by atoms with Crippen molar-refractivity contribution >= 4 is 23.2 Å². The quantitative estimate of drug-likeness (QED) is 0.653. The molecule has 2 N–H and O–H groups in total. The molecule has 3 aromatic rings. The maximum Gasteiger partial charge on any atom is 0.416 e. The first-order valence-corrected chi connectivity index (χ1v) is 9.14. The lowest BCUT2D eigenvalue weighted by Crippen LogP contribution is -2.31. The van der Waals surface area contributed by atoms with Crippen LogP contribution in [0.4, 0.5) is 13.2 Å². The van der Waals surface area contributed by atoms with Crippen molar-refractivity contribution in [1.82, 2.24) is 20.5 Å². The Morgan fingerprint density at radius 3 is 2.66 bits per heavy atom. The van der Waals surface area contributed by atoms with Crippen molar-refractivity contribution in [2.75, 3.05) is 13.1 Å². The van der Waals surface area contributed by atoms with Crippen LogP contribution in [0.25, 0.3) is 22.0 Å². The fourth-order valence-electron chi connectivity index (χ4n) is 3.68. The third-order valence-corrected chi connectivity index (χ3v) is 5.12. The molecule has 154 valence electrons. The molecule has 3 heterocycles. The summed E-state index contributed by atoms with van der Waals surface area (Å²) in [6.45, 7) is 1.95. The number of phenolic OH excluding ortho intramolecular Hbond substituents is 1. The standard InChI is InChI=1S/C20H19F3N4O.ClH/c21-20(22,23)13-3-4-15(18(28)9-13)19-14-5-7-25-11-16(14)17(26-27-19)8-12-2-1-6-24-10-12;/h3-5,7,9,11-12,24,28H,1-2,6,8,10H2;1H. The molecule has 1 aliphatic heterocycles. The summed E-state index contributed by atoms with van der Waals surface area (Å²) < 4.78 is 38.6. The Bertz CT molecular complexity index is 1010. The molecule has 0 aliphatic carbocycles. The maximum atomic E-state index is 12.9. The fraction of sp³-hybridized carbons (Fsp3) is 0.350. The van der Waals surface area contributed by atoms with Crippen LogP contribution in [0.15, 0.2) is 36.7 Å². The number of benzene rings is 1. The van der Waals surface area contributed by atoms with E-state index in [0.717, 1.165) is 49.5 Å². The van der Waals surface area contributed by atoms with Gasteiger partial charge in [-0.15, -0.1) is 17.5 Å². The van der Waals surface area contributed by atoms with Crippen LogP contribution < -0.4 is 5.32 Å². The molecule has 0 saturated carbocycles. The van der Waals surface area contributed by atoms with Crippen LogP contribution in [-0.4, -0.2) is 33.4 Å². The van der Waals surface area contributed by atoms with E-state index in [0.29, 0.717) is 23.1 Å². The van der Waals surface area contributed by atoms with Gasteiger partial charge in [-0.25, -0.2) is 0 Å². The van der Waals surface area contributed by atoms with Crippen LogP contribution in [0.1, 0.15) is 24.1 Å². The molecule has 0 spiro atoms. The number of piperidine rings is 1. The summed E-state index contributed by atoms with van der Waals surface area (Å²) in [5, 5.41) is 23.7. The number of rotatable bonds is 3. The largest absolute Gasteiger partial charge is 0.507 e. The summed E-state index contributed by atoms with van der Waals surface area (Å²) in [6.07, 6.45) is 1.75. The number of nitrogens with zero attached hydrogens (tertiary/aromatic N) is 3. The minimum Gasteiger partial charge on any atom is -0.507 e. The minimum absolute atomic E-state index is 0. The Hall–Kier alpha value is -2.45. The Balaban J connectivity index is 0.00000240. The molecule has 0 amide bonds. The Morgan fingerprint density at radius 1 is 1.14 bits per heavy atom. The highest BCUT2D eigenvalue weighted by Gasteiger charge is 2.31. The average Bonchev–Trinajstić information content (AvgIpc) is 2.69. The third kappa shape index (κ3) is 4.43. The molecule has 1 unspecified atom stereocenters. The van der Waals surface area contributed by atoms with E-state index in [1.807, 2.05) is 0 Å². The Labute approximate surface area is 171 Å². The molecule has 5 nitrogen and oxygen atoms in total. The van der Waals surface area contributed by atoms with E-state index in [1.165, 1.54) is 6.07 Å². The first-order chi connectivity index (χ1) is 13.4. The SMILES string of the molecule is Cl.Oc1cc(C(F)(F)F)ccc1-c1nnc(CC2CCCNC2)c2cnccc12. The summed E-state index contributed by atoms with van der Waals surface area (Å²) in [6, 6.07) is 4.63. The van der Waals surface area contributed by atoms with Gasteiger partial charge in [0.1, 0.15) is 11.4 Å². The second-order valence-corrected chi connectivity index (χ2v) is 7.06. The molecule has 0 radical (unpaired) electrons. The van der Waals surface area contributed by atoms with E-state index in [-0.39, 0.29) is 18.0 Å². The summed E-state index contributed by atoms with van der Waals surface area (Å²) in [5.74, 6) is -0.0248. The predicted molar refractivity (Wildman–Crippen MR) is 106 cm³/mol. The lowest BCUT2D eigenvalue weighted by atomic mass is 9.92. The molecule has 29 heavy (non-hydrogen) atoms. The smallest absolute Gasteiger partial charge is 0.416 e. The van der Waals surface area contributed by atoms with Crippen LogP contribution in [0, 0.1) is 5.92 Å². The first-order valence-electron chi connectivity index (χ1n) is 9.14. The van der Waals surface area contributed by atoms with Crippen molar-refractivity contribution in [3.63, 3.8) is 0 Å². The van der Waals surface area contributed by atoms with E-state index in [9.17, 15) is 18.3 Å². The minimum atomic E-state index is -4.52. The van der Waals surface area contributed by atoms with Crippen molar-refractivity contribution in [2.45, 2.75) is 25.4 Å². The molecule has 1 fully saturated rings. The number of fused-ring (bicyclic) bond motifs is 1. The first kappa shape index (κ1) is 21.3. The summed E-state index contributed by atoms with van der Waals surface area (Å²) in [4.78, 5) is 4.18. The number of aromatic nitrogens is 3. The van der Waals surface area contributed by atoms with Crippen LogP contribution in [-0.2, 0) is 12.6 Å². The number of pyridine rings is 1. The van der Waals surface area contributed by atoms with E-state index in [1.54, 1.807) is 18.5 Å². The van der Waals surface area contributed by atoms with Gasteiger partial charge in [0.15, 0.2) is 0 Å². The summed E-state index contributed by atoms with van der Waals surface area (Å²) in [7, 11) is 0. The molecular weight excluding hydrogens is 405 g/mol. The average molecular weight is 425 g/mol. The van der Waals surface area contributed by atoms with Gasteiger partial charge in [0.25, 0.3) is 0 Å². The van der Waals surface area contributed by atoms with Crippen molar-refractivity contribution in [2.24, 2.45) is 5.92 Å².